The van der Waals surface area contributed by atoms with Crippen molar-refractivity contribution in [3.63, 3.8) is 0 Å². The van der Waals surface area contributed by atoms with E-state index in [4.69, 9.17) is 11.6 Å². The molecule has 0 aliphatic rings. The average molecular weight is 394 g/mol. The molecular weight excluding hydrogens is 383 g/mol. The van der Waals surface area contributed by atoms with Gasteiger partial charge in [0, 0.05) is 29.4 Å². The van der Waals surface area contributed by atoms with Gasteiger partial charge in [-0.05, 0) is 23.8 Å². The summed E-state index contributed by atoms with van der Waals surface area (Å²) in [6, 6.07) is 2.83. The van der Waals surface area contributed by atoms with Crippen LogP contribution in [-0.2, 0) is 19.3 Å². The van der Waals surface area contributed by atoms with Crippen LogP contribution in [-0.4, -0.2) is 30.6 Å². The second-order valence-corrected chi connectivity index (χ2v) is 6.17. The minimum absolute atomic E-state index is 0.0594. The Hall–Kier alpha value is -2.04. The number of aromatic nitrogens is 2. The third-order valence-corrected chi connectivity index (χ3v) is 4.14. The molecule has 6 nitrogen and oxygen atoms in total. The Morgan fingerprint density at radius 2 is 1.92 bits per heavy atom. The molecule has 0 unspecified atom stereocenters. The summed E-state index contributed by atoms with van der Waals surface area (Å²) < 4.78 is 39.3. The number of alkyl halides is 3. The minimum atomic E-state index is -4.60. The molecule has 1 amide bonds. The van der Waals surface area contributed by atoms with E-state index in [1.54, 1.807) is 0 Å². The van der Waals surface area contributed by atoms with Crippen LogP contribution in [0.4, 0.5) is 18.0 Å². The maximum atomic E-state index is 12.8. The molecule has 0 atom stereocenters. The number of rotatable bonds is 5. The summed E-state index contributed by atoms with van der Waals surface area (Å²) in [6.45, 7) is -0.829. The van der Waals surface area contributed by atoms with Gasteiger partial charge in [-0.25, -0.2) is 14.1 Å². The van der Waals surface area contributed by atoms with Crippen molar-refractivity contribution in [3.05, 3.63) is 52.4 Å². The second kappa shape index (κ2) is 7.89. The van der Waals surface area contributed by atoms with Gasteiger partial charge in [0.2, 0.25) is 0 Å². The molecule has 1 aromatic carbocycles. The van der Waals surface area contributed by atoms with Crippen LogP contribution in [0.3, 0.4) is 0 Å². The van der Waals surface area contributed by atoms with Gasteiger partial charge in [-0.3, -0.25) is 4.98 Å². The monoisotopic (exact) mass is 393 g/mol. The standard InChI is InChI=1S/C14H11ClF3N3O3S/c15-10-4-8(3-9(5-10)14(16,17)18)6-21(13(23)24)25-12-11(7-22)19-1-2-20-12/h1-5,22H,6-7H2,(H,23,24). The van der Waals surface area contributed by atoms with Gasteiger partial charge in [-0.15, -0.1) is 0 Å². The SMILES string of the molecule is O=C(O)N(Cc1cc(Cl)cc(C(F)(F)F)c1)Sc1nccnc1CO. The number of hydrogen-bond acceptors (Lipinski definition) is 5. The molecule has 25 heavy (non-hydrogen) atoms. The first kappa shape index (κ1) is 19.3. The van der Waals surface area contributed by atoms with E-state index < -0.39 is 24.4 Å². The van der Waals surface area contributed by atoms with E-state index in [2.05, 4.69) is 9.97 Å². The van der Waals surface area contributed by atoms with Crippen molar-refractivity contribution in [2.24, 2.45) is 0 Å². The molecule has 11 heteroatoms. The highest BCUT2D eigenvalue weighted by atomic mass is 35.5. The van der Waals surface area contributed by atoms with Crippen LogP contribution in [0.5, 0.6) is 0 Å². The summed E-state index contributed by atoms with van der Waals surface area (Å²) in [5, 5.41) is 18.5. The zero-order valence-corrected chi connectivity index (χ0v) is 13.9. The molecule has 1 heterocycles. The number of aliphatic hydroxyl groups excluding tert-OH is 1. The molecule has 0 spiro atoms. The number of carbonyl (C=O) groups is 1. The number of aliphatic hydroxyl groups is 1. The van der Waals surface area contributed by atoms with E-state index in [1.807, 2.05) is 0 Å². The van der Waals surface area contributed by atoms with E-state index in [-0.39, 0.29) is 27.9 Å². The van der Waals surface area contributed by atoms with Crippen LogP contribution < -0.4 is 0 Å². The van der Waals surface area contributed by atoms with Gasteiger partial charge in [0.1, 0.15) is 5.03 Å². The maximum absolute atomic E-state index is 12.8. The van der Waals surface area contributed by atoms with Crippen molar-refractivity contribution >= 4 is 29.6 Å². The normalized spacial score (nSPS) is 11.4. The minimum Gasteiger partial charge on any atom is -0.464 e. The van der Waals surface area contributed by atoms with Gasteiger partial charge in [0.25, 0.3) is 0 Å². The number of hydrogen-bond donors (Lipinski definition) is 2. The van der Waals surface area contributed by atoms with Crippen LogP contribution in [0.25, 0.3) is 0 Å². The van der Waals surface area contributed by atoms with Gasteiger partial charge >= 0.3 is 12.3 Å². The van der Waals surface area contributed by atoms with Crippen LogP contribution >= 0.6 is 23.5 Å². The highest BCUT2D eigenvalue weighted by Crippen LogP contribution is 2.33. The molecule has 0 aliphatic heterocycles. The zero-order valence-electron chi connectivity index (χ0n) is 12.4. The van der Waals surface area contributed by atoms with Gasteiger partial charge in [-0.1, -0.05) is 11.6 Å². The highest BCUT2D eigenvalue weighted by Gasteiger charge is 2.31. The predicted octanol–water partition coefficient (Wildman–Crippen LogP) is 3.83. The summed E-state index contributed by atoms with van der Waals surface area (Å²) in [5.41, 5.74) is -0.758. The van der Waals surface area contributed by atoms with Gasteiger partial charge in [-0.2, -0.15) is 13.2 Å². The first-order valence-corrected chi connectivity index (χ1v) is 7.81. The van der Waals surface area contributed by atoms with E-state index in [9.17, 15) is 28.2 Å². The summed E-state index contributed by atoms with van der Waals surface area (Å²) in [5.74, 6) is 0. The van der Waals surface area contributed by atoms with Gasteiger partial charge in [0.15, 0.2) is 0 Å². The second-order valence-electron chi connectivity index (χ2n) is 4.72. The van der Waals surface area contributed by atoms with Crippen molar-refractivity contribution in [2.45, 2.75) is 24.4 Å². The highest BCUT2D eigenvalue weighted by molar-refractivity contribution is 7.97. The molecular formula is C14H11ClF3N3O3S. The third kappa shape index (κ3) is 5.21. The quantitative estimate of drug-likeness (QED) is 0.751. The van der Waals surface area contributed by atoms with Crippen molar-refractivity contribution in [3.8, 4) is 0 Å². The molecule has 0 aliphatic carbocycles. The molecule has 0 fully saturated rings. The predicted molar refractivity (Wildman–Crippen MR) is 83.8 cm³/mol. The lowest BCUT2D eigenvalue weighted by atomic mass is 10.1. The number of halogens is 4. The average Bonchev–Trinajstić information content (AvgIpc) is 2.53. The van der Waals surface area contributed by atoms with Crippen LogP contribution in [0.1, 0.15) is 16.8 Å². The fourth-order valence-corrected chi connectivity index (χ4v) is 2.94. The lowest BCUT2D eigenvalue weighted by molar-refractivity contribution is -0.137. The Balaban J connectivity index is 2.28. The molecule has 0 radical (unpaired) electrons. The Morgan fingerprint density at radius 3 is 2.52 bits per heavy atom. The lowest BCUT2D eigenvalue weighted by Crippen LogP contribution is -2.22. The van der Waals surface area contributed by atoms with Crippen LogP contribution in [0.2, 0.25) is 5.02 Å². The lowest BCUT2D eigenvalue weighted by Gasteiger charge is -2.19. The number of amides is 1. The third-order valence-electron chi connectivity index (χ3n) is 2.91. The molecule has 0 bridgehead atoms. The fourth-order valence-electron chi connectivity index (χ4n) is 1.85. The summed E-state index contributed by atoms with van der Waals surface area (Å²) >= 11 is 6.34. The molecule has 2 N–H and O–H groups in total. The number of carboxylic acid groups (broad SMARTS) is 1. The van der Waals surface area contributed by atoms with Gasteiger partial charge in [0.05, 0.1) is 24.4 Å². The summed E-state index contributed by atoms with van der Waals surface area (Å²) in [4.78, 5) is 19.2. The number of benzene rings is 1. The largest absolute Gasteiger partial charge is 0.464 e. The van der Waals surface area contributed by atoms with Crippen LogP contribution in [0.15, 0.2) is 35.6 Å². The molecule has 134 valence electrons. The Morgan fingerprint density at radius 1 is 1.24 bits per heavy atom. The van der Waals surface area contributed by atoms with Crippen molar-refractivity contribution in [2.75, 3.05) is 0 Å². The van der Waals surface area contributed by atoms with Crippen molar-refractivity contribution in [1.82, 2.24) is 14.3 Å². The Labute approximate surface area is 149 Å². The maximum Gasteiger partial charge on any atom is 0.418 e. The van der Waals surface area contributed by atoms with E-state index >= 15 is 0 Å². The Bertz CT molecular complexity index is 776. The zero-order chi connectivity index (χ0) is 18.6. The van der Waals surface area contributed by atoms with Crippen LogP contribution in [0, 0.1) is 0 Å². The topological polar surface area (TPSA) is 86.5 Å². The van der Waals surface area contributed by atoms with Gasteiger partial charge < -0.3 is 10.2 Å². The van der Waals surface area contributed by atoms with E-state index in [0.717, 1.165) is 16.4 Å². The molecule has 2 aromatic rings. The molecule has 0 saturated carbocycles. The fraction of sp³-hybridized carbons (Fsp3) is 0.214. The first-order valence-electron chi connectivity index (χ1n) is 6.66. The summed E-state index contributed by atoms with van der Waals surface area (Å²) in [6.07, 6.45) is -3.36. The van der Waals surface area contributed by atoms with Crippen molar-refractivity contribution in [1.29, 1.82) is 0 Å². The van der Waals surface area contributed by atoms with Crippen molar-refractivity contribution < 1.29 is 28.2 Å². The smallest absolute Gasteiger partial charge is 0.418 e. The molecule has 2 rings (SSSR count). The Kier molecular flexibility index (Phi) is 6.09. The van der Waals surface area contributed by atoms with E-state index in [1.165, 1.54) is 18.5 Å². The van der Waals surface area contributed by atoms with E-state index in [0.29, 0.717) is 11.9 Å². The first-order chi connectivity index (χ1) is 11.7. The number of nitrogens with zero attached hydrogens (tertiary/aromatic N) is 3. The molecule has 1 aromatic heterocycles. The summed E-state index contributed by atoms with van der Waals surface area (Å²) in [7, 11) is 0. The molecule has 0 saturated heterocycles.